The summed E-state index contributed by atoms with van der Waals surface area (Å²) in [6, 6.07) is 11.4. The molecule has 0 spiro atoms. The maximum Gasteiger partial charge on any atom is 0.317 e. The molecule has 0 saturated carbocycles. The number of amides is 2. The van der Waals surface area contributed by atoms with Crippen LogP contribution in [0.2, 0.25) is 0 Å². The highest BCUT2D eigenvalue weighted by molar-refractivity contribution is 5.74. The van der Waals surface area contributed by atoms with E-state index in [0.29, 0.717) is 42.9 Å². The highest BCUT2D eigenvalue weighted by atomic mass is 19.1. The first-order valence-corrected chi connectivity index (χ1v) is 10.2. The molecule has 1 N–H and O–H groups in total. The van der Waals surface area contributed by atoms with E-state index in [2.05, 4.69) is 15.5 Å². The lowest BCUT2D eigenvalue weighted by Crippen LogP contribution is -2.44. The molecular weight excluding hydrogens is 403 g/mol. The molecule has 5 rings (SSSR count). The zero-order valence-corrected chi connectivity index (χ0v) is 16.7. The first-order valence-electron chi connectivity index (χ1n) is 10.2. The van der Waals surface area contributed by atoms with Gasteiger partial charge in [-0.3, -0.25) is 0 Å². The van der Waals surface area contributed by atoms with Gasteiger partial charge in [-0.2, -0.15) is 0 Å². The Labute approximate surface area is 178 Å². The maximum atomic E-state index is 13.0. The molecule has 2 aromatic carbocycles. The number of nitrogens with zero attached hydrogens (tertiary/aromatic N) is 3. The van der Waals surface area contributed by atoms with E-state index in [0.717, 1.165) is 24.0 Å². The van der Waals surface area contributed by atoms with Gasteiger partial charge < -0.3 is 24.1 Å². The number of halogens is 1. The minimum absolute atomic E-state index is 0.0272. The van der Waals surface area contributed by atoms with Crippen LogP contribution in [0.15, 0.2) is 46.9 Å². The summed E-state index contributed by atoms with van der Waals surface area (Å²) < 4.78 is 29.7. The van der Waals surface area contributed by atoms with Crippen LogP contribution in [0.3, 0.4) is 0 Å². The molecular formula is C22H21FN4O4. The molecule has 0 radical (unpaired) electrons. The van der Waals surface area contributed by atoms with Gasteiger partial charge in [0.2, 0.25) is 18.6 Å². The molecule has 1 fully saturated rings. The molecule has 3 heterocycles. The normalized spacial score (nSPS) is 17.6. The van der Waals surface area contributed by atoms with Crippen molar-refractivity contribution in [2.24, 2.45) is 0 Å². The topological polar surface area (TPSA) is 89.7 Å². The Hall–Kier alpha value is -3.62. The van der Waals surface area contributed by atoms with E-state index in [1.165, 1.54) is 12.1 Å². The van der Waals surface area contributed by atoms with Gasteiger partial charge in [-0.1, -0.05) is 12.1 Å². The van der Waals surface area contributed by atoms with Gasteiger partial charge in [-0.05, 0) is 48.7 Å². The van der Waals surface area contributed by atoms with Crippen LogP contribution in [0.1, 0.15) is 30.2 Å². The standard InChI is InChI=1S/C22H21FN4O4/c23-17-6-3-14(4-7-17)11-24-22(28)27-9-1-2-16(12-27)21-26-25-20(31-21)15-5-8-18-19(10-15)30-13-29-18/h3-8,10,16H,1-2,9,11-13H2,(H,24,28)/t16-/m0/s1. The molecule has 160 valence electrons. The Morgan fingerprint density at radius 1 is 1.13 bits per heavy atom. The number of likely N-dealkylation sites (tertiary alicyclic amines) is 1. The van der Waals surface area contributed by atoms with Crippen LogP contribution in [0, 0.1) is 5.82 Å². The lowest BCUT2D eigenvalue weighted by atomic mass is 9.98. The van der Waals surface area contributed by atoms with Crippen molar-refractivity contribution in [3.63, 3.8) is 0 Å². The minimum Gasteiger partial charge on any atom is -0.454 e. The number of urea groups is 1. The van der Waals surface area contributed by atoms with Crippen molar-refractivity contribution < 1.29 is 23.1 Å². The van der Waals surface area contributed by atoms with Crippen LogP contribution in [0.25, 0.3) is 11.5 Å². The Morgan fingerprint density at radius 2 is 1.97 bits per heavy atom. The van der Waals surface area contributed by atoms with Crippen molar-refractivity contribution in [2.45, 2.75) is 25.3 Å². The fourth-order valence-electron chi connectivity index (χ4n) is 3.80. The molecule has 0 aliphatic carbocycles. The minimum atomic E-state index is -0.298. The first kappa shape index (κ1) is 19.3. The number of hydrogen-bond donors (Lipinski definition) is 1. The highest BCUT2D eigenvalue weighted by Gasteiger charge is 2.29. The number of ether oxygens (including phenoxy) is 2. The van der Waals surface area contributed by atoms with E-state index in [-0.39, 0.29) is 24.6 Å². The summed E-state index contributed by atoms with van der Waals surface area (Å²) in [6.07, 6.45) is 1.71. The van der Waals surface area contributed by atoms with Gasteiger partial charge in [0.25, 0.3) is 0 Å². The third kappa shape index (κ3) is 4.16. The SMILES string of the molecule is O=C(NCc1ccc(F)cc1)N1CCC[C@H](c2nnc(-c3ccc4c(c3)OCO4)o2)C1. The fraction of sp³-hybridized carbons (Fsp3) is 0.318. The summed E-state index contributed by atoms with van der Waals surface area (Å²) >= 11 is 0. The molecule has 2 aliphatic heterocycles. The van der Waals surface area contributed by atoms with Crippen LogP contribution in [-0.2, 0) is 6.54 Å². The Morgan fingerprint density at radius 3 is 2.84 bits per heavy atom. The van der Waals surface area contributed by atoms with Gasteiger partial charge in [-0.15, -0.1) is 10.2 Å². The summed E-state index contributed by atoms with van der Waals surface area (Å²) in [4.78, 5) is 14.4. The molecule has 31 heavy (non-hydrogen) atoms. The molecule has 0 unspecified atom stereocenters. The van der Waals surface area contributed by atoms with E-state index in [1.54, 1.807) is 17.0 Å². The van der Waals surface area contributed by atoms with Gasteiger partial charge in [-0.25, -0.2) is 9.18 Å². The molecule has 0 bridgehead atoms. The third-order valence-electron chi connectivity index (χ3n) is 5.47. The van der Waals surface area contributed by atoms with Crippen molar-refractivity contribution in [1.29, 1.82) is 0 Å². The van der Waals surface area contributed by atoms with Gasteiger partial charge in [0.05, 0.1) is 5.92 Å². The van der Waals surface area contributed by atoms with Crippen molar-refractivity contribution in [1.82, 2.24) is 20.4 Å². The summed E-state index contributed by atoms with van der Waals surface area (Å²) in [7, 11) is 0. The van der Waals surface area contributed by atoms with Crippen LogP contribution < -0.4 is 14.8 Å². The zero-order valence-electron chi connectivity index (χ0n) is 16.7. The molecule has 2 aliphatic rings. The van der Waals surface area contributed by atoms with Crippen LogP contribution >= 0.6 is 0 Å². The summed E-state index contributed by atoms with van der Waals surface area (Å²) in [5.41, 5.74) is 1.60. The highest BCUT2D eigenvalue weighted by Crippen LogP contribution is 2.36. The molecule has 9 heteroatoms. The summed E-state index contributed by atoms with van der Waals surface area (Å²) in [6.45, 7) is 1.71. The van der Waals surface area contributed by atoms with Crippen molar-refractivity contribution in [3.05, 3.63) is 59.7 Å². The second-order valence-electron chi connectivity index (χ2n) is 7.58. The second kappa shape index (κ2) is 8.25. The second-order valence-corrected chi connectivity index (χ2v) is 7.58. The summed E-state index contributed by atoms with van der Waals surface area (Å²) in [5.74, 6) is 1.95. The molecule has 1 atom stereocenters. The van der Waals surface area contributed by atoms with Crippen LogP contribution in [0.5, 0.6) is 11.5 Å². The average molecular weight is 424 g/mol. The van der Waals surface area contributed by atoms with Crippen molar-refractivity contribution in [2.75, 3.05) is 19.9 Å². The van der Waals surface area contributed by atoms with Crippen molar-refractivity contribution in [3.8, 4) is 23.0 Å². The van der Waals surface area contributed by atoms with Gasteiger partial charge in [0.15, 0.2) is 11.5 Å². The lowest BCUT2D eigenvalue weighted by molar-refractivity contribution is 0.173. The van der Waals surface area contributed by atoms with Crippen LogP contribution in [0.4, 0.5) is 9.18 Å². The number of rotatable bonds is 4. The Bertz CT molecular complexity index is 1090. The first-order chi connectivity index (χ1) is 15.2. The predicted octanol–water partition coefficient (Wildman–Crippen LogP) is 3.69. The number of carbonyl (C=O) groups excluding carboxylic acids is 1. The number of benzene rings is 2. The maximum absolute atomic E-state index is 13.0. The smallest absolute Gasteiger partial charge is 0.317 e. The quantitative estimate of drug-likeness (QED) is 0.687. The molecule has 1 aromatic heterocycles. The predicted molar refractivity (Wildman–Crippen MR) is 108 cm³/mol. The third-order valence-corrected chi connectivity index (χ3v) is 5.47. The number of hydrogen-bond acceptors (Lipinski definition) is 6. The number of carbonyl (C=O) groups is 1. The number of nitrogens with one attached hydrogen (secondary N) is 1. The molecule has 8 nitrogen and oxygen atoms in total. The van der Waals surface area contributed by atoms with Gasteiger partial charge >= 0.3 is 6.03 Å². The van der Waals surface area contributed by atoms with E-state index in [1.807, 2.05) is 18.2 Å². The van der Waals surface area contributed by atoms with E-state index < -0.39 is 0 Å². The molecule has 1 saturated heterocycles. The fourth-order valence-corrected chi connectivity index (χ4v) is 3.80. The zero-order chi connectivity index (χ0) is 21.2. The van der Waals surface area contributed by atoms with Crippen LogP contribution in [-0.4, -0.2) is 41.0 Å². The summed E-state index contributed by atoms with van der Waals surface area (Å²) in [5, 5.41) is 11.3. The van der Waals surface area contributed by atoms with Gasteiger partial charge in [0, 0.05) is 25.2 Å². The van der Waals surface area contributed by atoms with E-state index >= 15 is 0 Å². The number of piperidine rings is 1. The number of fused-ring (bicyclic) bond motifs is 1. The van der Waals surface area contributed by atoms with E-state index in [4.69, 9.17) is 13.9 Å². The Balaban J connectivity index is 1.22. The largest absolute Gasteiger partial charge is 0.454 e. The molecule has 2 amide bonds. The van der Waals surface area contributed by atoms with Crippen molar-refractivity contribution >= 4 is 6.03 Å². The van der Waals surface area contributed by atoms with E-state index in [9.17, 15) is 9.18 Å². The average Bonchev–Trinajstić information content (AvgIpc) is 3.48. The van der Waals surface area contributed by atoms with Gasteiger partial charge in [0.1, 0.15) is 5.82 Å². The number of aromatic nitrogens is 2. The monoisotopic (exact) mass is 424 g/mol. The molecule has 3 aromatic rings. The lowest BCUT2D eigenvalue weighted by Gasteiger charge is -2.31. The Kier molecular flexibility index (Phi) is 5.15.